The first kappa shape index (κ1) is 21.0. The van der Waals surface area contributed by atoms with Crippen LogP contribution in [-0.2, 0) is 11.2 Å². The first-order valence-corrected chi connectivity index (χ1v) is 8.82. The third-order valence-electron chi connectivity index (χ3n) is 3.83. The van der Waals surface area contributed by atoms with Crippen molar-refractivity contribution in [1.29, 1.82) is 0 Å². The zero-order valence-corrected chi connectivity index (χ0v) is 16.0. The summed E-state index contributed by atoms with van der Waals surface area (Å²) in [6.45, 7) is 2.49. The maximum atomic E-state index is 12.0. The van der Waals surface area contributed by atoms with Crippen LogP contribution in [0.5, 0.6) is 0 Å². The summed E-state index contributed by atoms with van der Waals surface area (Å²) in [6.07, 6.45) is 4.17. The van der Waals surface area contributed by atoms with Crippen LogP contribution in [0.4, 0.5) is 0 Å². The van der Waals surface area contributed by atoms with E-state index in [0.29, 0.717) is 0 Å². The number of unbranched alkanes of at least 4 members (excludes halogenated alkanes) is 2. The van der Waals surface area contributed by atoms with Gasteiger partial charge in [0.1, 0.15) is 0 Å². The predicted octanol–water partition coefficient (Wildman–Crippen LogP) is 1.91. The molecule has 0 saturated heterocycles. The third-order valence-corrected chi connectivity index (χ3v) is 3.83. The Morgan fingerprint density at radius 2 is 1.92 bits per heavy atom. The maximum absolute atomic E-state index is 12.0. The Morgan fingerprint density at radius 3 is 2.60 bits per heavy atom. The average Bonchev–Trinajstić information content (AvgIpc) is 2.62. The molecule has 0 heterocycles. The molecule has 1 amide bonds. The largest absolute Gasteiger partial charge is 0.385 e. The number of carbonyl (C=O) groups is 1. The molecule has 1 rings (SSSR count). The van der Waals surface area contributed by atoms with Crippen molar-refractivity contribution < 1.29 is 9.53 Å². The van der Waals surface area contributed by atoms with Crippen LogP contribution < -0.4 is 10.6 Å². The SMILES string of the molecule is CN=C(NCCCCCOC)NCCc1cccc(C(=O)N(C)C)c1. The van der Waals surface area contributed by atoms with Crippen LogP contribution in [0.25, 0.3) is 0 Å². The summed E-state index contributed by atoms with van der Waals surface area (Å²) < 4.78 is 5.04. The highest BCUT2D eigenvalue weighted by molar-refractivity contribution is 5.94. The number of guanidine groups is 1. The van der Waals surface area contributed by atoms with E-state index < -0.39 is 0 Å². The highest BCUT2D eigenvalue weighted by Gasteiger charge is 2.08. The summed E-state index contributed by atoms with van der Waals surface area (Å²) in [5.41, 5.74) is 1.86. The lowest BCUT2D eigenvalue weighted by Crippen LogP contribution is -2.38. The molecule has 25 heavy (non-hydrogen) atoms. The topological polar surface area (TPSA) is 66.0 Å². The number of hydrogen-bond donors (Lipinski definition) is 2. The standard InChI is InChI=1S/C19H32N4O2/c1-20-19(21-12-6-5-7-14-25-4)22-13-11-16-9-8-10-17(15-16)18(24)23(2)3/h8-10,15H,5-7,11-14H2,1-4H3,(H2,20,21,22). The molecule has 0 aliphatic heterocycles. The molecular formula is C19H32N4O2. The van der Waals surface area contributed by atoms with E-state index in [2.05, 4.69) is 15.6 Å². The Labute approximate surface area is 151 Å². The second-order valence-electron chi connectivity index (χ2n) is 6.13. The number of ether oxygens (including phenoxy) is 1. The second-order valence-corrected chi connectivity index (χ2v) is 6.13. The van der Waals surface area contributed by atoms with Gasteiger partial charge in [-0.25, -0.2) is 0 Å². The van der Waals surface area contributed by atoms with Crippen LogP contribution >= 0.6 is 0 Å². The van der Waals surface area contributed by atoms with E-state index in [1.807, 2.05) is 24.3 Å². The Bertz CT molecular complexity index is 544. The Hall–Kier alpha value is -2.08. The van der Waals surface area contributed by atoms with Gasteiger partial charge in [0.25, 0.3) is 5.91 Å². The fourth-order valence-corrected chi connectivity index (χ4v) is 2.42. The monoisotopic (exact) mass is 348 g/mol. The highest BCUT2D eigenvalue weighted by atomic mass is 16.5. The zero-order valence-electron chi connectivity index (χ0n) is 16.0. The van der Waals surface area contributed by atoms with Crippen molar-refractivity contribution in [1.82, 2.24) is 15.5 Å². The number of aliphatic imine (C=N–C) groups is 1. The molecule has 0 saturated carbocycles. The summed E-state index contributed by atoms with van der Waals surface area (Å²) in [5.74, 6) is 0.841. The minimum Gasteiger partial charge on any atom is -0.385 e. The van der Waals surface area contributed by atoms with E-state index in [-0.39, 0.29) is 5.91 Å². The van der Waals surface area contributed by atoms with E-state index in [1.54, 1.807) is 33.2 Å². The summed E-state index contributed by atoms with van der Waals surface area (Å²) in [6, 6.07) is 7.78. The fourth-order valence-electron chi connectivity index (χ4n) is 2.42. The van der Waals surface area contributed by atoms with Crippen LogP contribution in [0.15, 0.2) is 29.3 Å². The average molecular weight is 348 g/mol. The van der Waals surface area contributed by atoms with E-state index in [4.69, 9.17) is 4.74 Å². The van der Waals surface area contributed by atoms with Crippen molar-refractivity contribution in [2.24, 2.45) is 4.99 Å². The van der Waals surface area contributed by atoms with Crippen molar-refractivity contribution in [3.63, 3.8) is 0 Å². The Morgan fingerprint density at radius 1 is 1.16 bits per heavy atom. The van der Waals surface area contributed by atoms with Gasteiger partial charge in [-0.1, -0.05) is 12.1 Å². The van der Waals surface area contributed by atoms with Gasteiger partial charge in [-0.3, -0.25) is 9.79 Å². The van der Waals surface area contributed by atoms with Crippen molar-refractivity contribution >= 4 is 11.9 Å². The molecule has 2 N–H and O–H groups in total. The van der Waals surface area contributed by atoms with Gasteiger partial charge in [0.2, 0.25) is 0 Å². The summed E-state index contributed by atoms with van der Waals surface area (Å²) in [5, 5.41) is 6.62. The summed E-state index contributed by atoms with van der Waals surface area (Å²) in [7, 11) is 7.04. The lowest BCUT2D eigenvalue weighted by Gasteiger charge is -2.13. The second kappa shape index (κ2) is 12.3. The van der Waals surface area contributed by atoms with E-state index in [0.717, 1.165) is 62.5 Å². The van der Waals surface area contributed by atoms with Crippen molar-refractivity contribution in [3.05, 3.63) is 35.4 Å². The van der Waals surface area contributed by atoms with Gasteiger partial charge in [-0.2, -0.15) is 0 Å². The zero-order chi connectivity index (χ0) is 18.5. The molecule has 0 aliphatic rings. The molecule has 1 aromatic carbocycles. The Kier molecular flexibility index (Phi) is 10.3. The van der Waals surface area contributed by atoms with Gasteiger partial charge < -0.3 is 20.3 Å². The smallest absolute Gasteiger partial charge is 0.253 e. The molecule has 0 bridgehead atoms. The number of nitrogens with one attached hydrogen (secondary N) is 2. The van der Waals surface area contributed by atoms with Gasteiger partial charge in [0.05, 0.1) is 0 Å². The number of carbonyl (C=O) groups excluding carboxylic acids is 1. The quantitative estimate of drug-likeness (QED) is 0.385. The minimum atomic E-state index is 0.0285. The molecule has 0 spiro atoms. The molecule has 0 atom stereocenters. The van der Waals surface area contributed by atoms with E-state index in [9.17, 15) is 4.79 Å². The molecule has 0 aromatic heterocycles. The normalized spacial score (nSPS) is 11.3. The fraction of sp³-hybridized carbons (Fsp3) is 0.579. The van der Waals surface area contributed by atoms with Gasteiger partial charge in [-0.05, 0) is 43.4 Å². The molecule has 0 fully saturated rings. The molecule has 0 aliphatic carbocycles. The molecule has 140 valence electrons. The lowest BCUT2D eigenvalue weighted by molar-refractivity contribution is 0.0827. The van der Waals surface area contributed by atoms with Crippen LogP contribution in [0, 0.1) is 0 Å². The lowest BCUT2D eigenvalue weighted by atomic mass is 10.1. The van der Waals surface area contributed by atoms with Gasteiger partial charge in [0, 0.05) is 53.5 Å². The molecule has 6 heteroatoms. The molecular weight excluding hydrogens is 316 g/mol. The van der Waals surface area contributed by atoms with E-state index >= 15 is 0 Å². The first-order chi connectivity index (χ1) is 12.1. The van der Waals surface area contributed by atoms with Gasteiger partial charge in [0.15, 0.2) is 5.96 Å². The van der Waals surface area contributed by atoms with Gasteiger partial charge >= 0.3 is 0 Å². The van der Waals surface area contributed by atoms with Crippen molar-refractivity contribution in [2.45, 2.75) is 25.7 Å². The number of hydrogen-bond acceptors (Lipinski definition) is 3. The molecule has 0 unspecified atom stereocenters. The number of nitrogens with zero attached hydrogens (tertiary/aromatic N) is 2. The number of amides is 1. The van der Waals surface area contributed by atoms with Gasteiger partial charge in [-0.15, -0.1) is 0 Å². The minimum absolute atomic E-state index is 0.0285. The van der Waals surface area contributed by atoms with Crippen LogP contribution in [-0.4, -0.2) is 64.7 Å². The number of methoxy groups -OCH3 is 1. The summed E-state index contributed by atoms with van der Waals surface area (Å²) >= 11 is 0. The first-order valence-electron chi connectivity index (χ1n) is 8.82. The molecule has 6 nitrogen and oxygen atoms in total. The Balaban J connectivity index is 2.33. The number of rotatable bonds is 10. The van der Waals surface area contributed by atoms with E-state index in [1.165, 1.54) is 0 Å². The van der Waals surface area contributed by atoms with Crippen LogP contribution in [0.2, 0.25) is 0 Å². The number of benzene rings is 1. The molecule has 0 radical (unpaired) electrons. The van der Waals surface area contributed by atoms with Crippen molar-refractivity contribution in [2.75, 3.05) is 47.9 Å². The highest BCUT2D eigenvalue weighted by Crippen LogP contribution is 2.07. The van der Waals surface area contributed by atoms with Crippen LogP contribution in [0.3, 0.4) is 0 Å². The molecule has 1 aromatic rings. The van der Waals surface area contributed by atoms with Crippen LogP contribution in [0.1, 0.15) is 35.2 Å². The third kappa shape index (κ3) is 8.54. The predicted molar refractivity (Wildman–Crippen MR) is 103 cm³/mol. The maximum Gasteiger partial charge on any atom is 0.253 e. The summed E-state index contributed by atoms with van der Waals surface area (Å²) in [4.78, 5) is 17.8. The van der Waals surface area contributed by atoms with Crippen molar-refractivity contribution in [3.8, 4) is 0 Å².